The normalized spacial score (nSPS) is 11.6. The van der Waals surface area contributed by atoms with Gasteiger partial charge in [0.05, 0.1) is 11.0 Å². The summed E-state index contributed by atoms with van der Waals surface area (Å²) in [5.74, 6) is -0.171. The SMILES string of the molecule is CCCN=C(NC(=O)c1cccs1)OC(C)C. The molecule has 0 saturated heterocycles. The van der Waals surface area contributed by atoms with Crippen molar-refractivity contribution in [3.05, 3.63) is 22.4 Å². The number of amides is 1. The van der Waals surface area contributed by atoms with Crippen LogP contribution in [0.4, 0.5) is 0 Å². The molecule has 1 amide bonds. The third kappa shape index (κ3) is 4.99. The second-order valence-electron chi connectivity index (χ2n) is 3.78. The Labute approximate surface area is 106 Å². The van der Waals surface area contributed by atoms with Crippen molar-refractivity contribution in [1.82, 2.24) is 5.32 Å². The lowest BCUT2D eigenvalue weighted by Crippen LogP contribution is -2.34. The Hall–Kier alpha value is -1.36. The summed E-state index contributed by atoms with van der Waals surface area (Å²) in [6.07, 6.45) is 0.911. The van der Waals surface area contributed by atoms with E-state index in [2.05, 4.69) is 10.3 Å². The minimum Gasteiger partial charge on any atom is -0.462 e. The minimum absolute atomic E-state index is 0.00533. The molecule has 5 heteroatoms. The van der Waals surface area contributed by atoms with Crippen LogP contribution in [0.25, 0.3) is 0 Å². The molecule has 1 aromatic heterocycles. The quantitative estimate of drug-likeness (QED) is 0.663. The summed E-state index contributed by atoms with van der Waals surface area (Å²) in [6.45, 7) is 6.47. The van der Waals surface area contributed by atoms with Gasteiger partial charge in [-0.05, 0) is 31.7 Å². The van der Waals surface area contributed by atoms with Crippen molar-refractivity contribution in [2.45, 2.75) is 33.3 Å². The van der Waals surface area contributed by atoms with Crippen molar-refractivity contribution in [1.29, 1.82) is 0 Å². The number of hydrogen-bond acceptors (Lipinski definition) is 4. The van der Waals surface area contributed by atoms with Gasteiger partial charge in [0.2, 0.25) is 0 Å². The number of thiophene rings is 1. The van der Waals surface area contributed by atoms with Gasteiger partial charge in [0.1, 0.15) is 0 Å². The summed E-state index contributed by atoms with van der Waals surface area (Å²) in [6, 6.07) is 3.92. The van der Waals surface area contributed by atoms with Crippen LogP contribution in [0.5, 0.6) is 0 Å². The fourth-order valence-corrected chi connectivity index (χ4v) is 1.73. The number of rotatable bonds is 4. The summed E-state index contributed by atoms with van der Waals surface area (Å²) in [4.78, 5) is 16.7. The predicted octanol–water partition coefficient (Wildman–Crippen LogP) is 2.67. The van der Waals surface area contributed by atoms with Crippen LogP contribution >= 0.6 is 11.3 Å². The molecule has 0 spiro atoms. The van der Waals surface area contributed by atoms with Gasteiger partial charge in [-0.1, -0.05) is 13.0 Å². The highest BCUT2D eigenvalue weighted by Gasteiger charge is 2.11. The Balaban J connectivity index is 2.62. The van der Waals surface area contributed by atoms with Gasteiger partial charge in [0.25, 0.3) is 11.9 Å². The van der Waals surface area contributed by atoms with E-state index in [1.165, 1.54) is 11.3 Å². The molecule has 0 fully saturated rings. The lowest BCUT2D eigenvalue weighted by Gasteiger charge is -2.12. The first-order valence-corrected chi connectivity index (χ1v) is 6.57. The highest BCUT2D eigenvalue weighted by atomic mass is 32.1. The van der Waals surface area contributed by atoms with Crippen LogP contribution in [0, 0.1) is 0 Å². The van der Waals surface area contributed by atoms with E-state index in [-0.39, 0.29) is 12.0 Å². The van der Waals surface area contributed by atoms with Gasteiger partial charge in [-0.25, -0.2) is 4.99 Å². The molecule has 0 radical (unpaired) electrons. The standard InChI is InChI=1S/C12H18N2O2S/c1-4-7-13-12(16-9(2)3)14-11(15)10-6-5-8-17-10/h5-6,8-9H,4,7H2,1-3H3,(H,13,14,15). The Bertz CT molecular complexity index is 372. The van der Waals surface area contributed by atoms with Gasteiger partial charge in [-0.15, -0.1) is 11.3 Å². The summed E-state index contributed by atoms with van der Waals surface area (Å²) in [5, 5.41) is 4.55. The van der Waals surface area contributed by atoms with Crippen molar-refractivity contribution < 1.29 is 9.53 Å². The molecule has 0 aliphatic rings. The molecule has 0 aliphatic carbocycles. The third-order valence-electron chi connectivity index (χ3n) is 1.79. The molecule has 0 saturated carbocycles. The molecule has 1 aromatic rings. The molecule has 0 atom stereocenters. The monoisotopic (exact) mass is 254 g/mol. The smallest absolute Gasteiger partial charge is 0.291 e. The fraction of sp³-hybridized carbons (Fsp3) is 0.500. The highest BCUT2D eigenvalue weighted by Crippen LogP contribution is 2.07. The zero-order chi connectivity index (χ0) is 12.7. The van der Waals surface area contributed by atoms with E-state index >= 15 is 0 Å². The third-order valence-corrected chi connectivity index (χ3v) is 2.66. The fourth-order valence-electron chi connectivity index (χ4n) is 1.11. The van der Waals surface area contributed by atoms with Crippen molar-refractivity contribution >= 4 is 23.3 Å². The molecule has 4 nitrogen and oxygen atoms in total. The number of carbonyl (C=O) groups is 1. The lowest BCUT2D eigenvalue weighted by molar-refractivity contribution is 0.0963. The van der Waals surface area contributed by atoms with E-state index in [1.54, 1.807) is 6.07 Å². The number of nitrogens with one attached hydrogen (secondary N) is 1. The Morgan fingerprint density at radius 3 is 2.88 bits per heavy atom. The van der Waals surface area contributed by atoms with Crippen LogP contribution in [0.15, 0.2) is 22.5 Å². The minimum atomic E-state index is -0.171. The lowest BCUT2D eigenvalue weighted by atomic mass is 10.4. The molecule has 0 aromatic carbocycles. The second-order valence-corrected chi connectivity index (χ2v) is 4.73. The Morgan fingerprint density at radius 2 is 2.35 bits per heavy atom. The van der Waals surface area contributed by atoms with Crippen LogP contribution in [-0.2, 0) is 4.74 Å². The van der Waals surface area contributed by atoms with E-state index in [0.717, 1.165) is 6.42 Å². The van der Waals surface area contributed by atoms with Gasteiger partial charge in [0.15, 0.2) is 0 Å². The molecular weight excluding hydrogens is 236 g/mol. The van der Waals surface area contributed by atoms with Crippen LogP contribution in [0.2, 0.25) is 0 Å². The highest BCUT2D eigenvalue weighted by molar-refractivity contribution is 7.12. The molecule has 1 heterocycles. The number of hydrogen-bond donors (Lipinski definition) is 1. The number of carbonyl (C=O) groups excluding carboxylic acids is 1. The largest absolute Gasteiger partial charge is 0.462 e. The van der Waals surface area contributed by atoms with Gasteiger partial charge >= 0.3 is 0 Å². The average molecular weight is 254 g/mol. The molecule has 0 unspecified atom stereocenters. The van der Waals surface area contributed by atoms with Crippen LogP contribution < -0.4 is 5.32 Å². The number of aliphatic imine (C=N–C) groups is 1. The first-order valence-electron chi connectivity index (χ1n) is 5.69. The van der Waals surface area contributed by atoms with E-state index in [1.807, 2.05) is 32.2 Å². The predicted molar refractivity (Wildman–Crippen MR) is 70.6 cm³/mol. The first-order chi connectivity index (χ1) is 8.13. The van der Waals surface area contributed by atoms with Crippen LogP contribution in [0.3, 0.4) is 0 Å². The number of nitrogens with zero attached hydrogens (tertiary/aromatic N) is 1. The van der Waals surface area contributed by atoms with E-state index in [0.29, 0.717) is 17.4 Å². The Morgan fingerprint density at radius 1 is 1.59 bits per heavy atom. The topological polar surface area (TPSA) is 50.7 Å². The van der Waals surface area contributed by atoms with Gasteiger partial charge in [0, 0.05) is 6.54 Å². The molecule has 94 valence electrons. The molecule has 0 aliphatic heterocycles. The summed E-state index contributed by atoms with van der Waals surface area (Å²) < 4.78 is 5.44. The maximum absolute atomic E-state index is 11.8. The van der Waals surface area contributed by atoms with Crippen molar-refractivity contribution in [3.63, 3.8) is 0 Å². The van der Waals surface area contributed by atoms with Crippen molar-refractivity contribution in [3.8, 4) is 0 Å². The zero-order valence-electron chi connectivity index (χ0n) is 10.4. The molecular formula is C12H18N2O2S. The Kier molecular flexibility index (Phi) is 5.69. The van der Waals surface area contributed by atoms with Gasteiger partial charge in [-0.2, -0.15) is 0 Å². The summed E-state index contributed by atoms with van der Waals surface area (Å²) in [5.41, 5.74) is 0. The summed E-state index contributed by atoms with van der Waals surface area (Å²) >= 11 is 1.39. The van der Waals surface area contributed by atoms with Gasteiger partial charge in [-0.3, -0.25) is 10.1 Å². The number of amidine groups is 1. The van der Waals surface area contributed by atoms with E-state index in [4.69, 9.17) is 4.74 Å². The van der Waals surface area contributed by atoms with Crippen molar-refractivity contribution in [2.75, 3.05) is 6.54 Å². The molecule has 1 N–H and O–H groups in total. The first kappa shape index (κ1) is 13.7. The van der Waals surface area contributed by atoms with Crippen molar-refractivity contribution in [2.24, 2.45) is 4.99 Å². The molecule has 1 rings (SSSR count). The maximum atomic E-state index is 11.8. The maximum Gasteiger partial charge on any atom is 0.291 e. The van der Waals surface area contributed by atoms with E-state index < -0.39 is 0 Å². The molecule has 0 bridgehead atoms. The average Bonchev–Trinajstić information content (AvgIpc) is 2.78. The zero-order valence-corrected chi connectivity index (χ0v) is 11.2. The van der Waals surface area contributed by atoms with E-state index in [9.17, 15) is 4.79 Å². The number of ether oxygens (including phenoxy) is 1. The van der Waals surface area contributed by atoms with Crippen LogP contribution in [-0.4, -0.2) is 24.6 Å². The second kappa shape index (κ2) is 7.06. The molecule has 17 heavy (non-hydrogen) atoms. The van der Waals surface area contributed by atoms with Gasteiger partial charge < -0.3 is 4.74 Å². The van der Waals surface area contributed by atoms with Crippen LogP contribution in [0.1, 0.15) is 36.9 Å². The summed E-state index contributed by atoms with van der Waals surface area (Å²) in [7, 11) is 0.